The number of hydrogen-bond acceptors (Lipinski definition) is 1. The molecule has 0 saturated heterocycles. The van der Waals surface area contributed by atoms with Gasteiger partial charge in [0.2, 0.25) is 0 Å². The van der Waals surface area contributed by atoms with E-state index in [1.54, 1.807) is 0 Å². The topological polar surface area (TPSA) is 9.23 Å². The second kappa shape index (κ2) is 12.7. The van der Waals surface area contributed by atoms with Gasteiger partial charge in [0, 0.05) is 0 Å². The Kier molecular flexibility index (Phi) is 11.0. The third-order valence-corrected chi connectivity index (χ3v) is 4.04. The molecule has 1 rings (SSSR count). The number of benzene rings is 1. The summed E-state index contributed by atoms with van der Waals surface area (Å²) in [6, 6.07) is 10.2. The van der Waals surface area contributed by atoms with Gasteiger partial charge >= 0.3 is 0 Å². The van der Waals surface area contributed by atoms with Gasteiger partial charge in [0.15, 0.2) is 0 Å². The summed E-state index contributed by atoms with van der Waals surface area (Å²) < 4.78 is 5.90. The van der Waals surface area contributed by atoms with Crippen LogP contribution in [0.25, 0.3) is 0 Å². The normalized spacial score (nSPS) is 12.3. The van der Waals surface area contributed by atoms with Gasteiger partial charge in [-0.1, -0.05) is 82.9 Å². The Morgan fingerprint density at radius 1 is 0.762 bits per heavy atom. The molecule has 0 N–H and O–H groups in total. The standard InChI is InChI=1S/C20H34O/c1-3-4-5-6-7-8-9-10-11-13-16-19(2)21-20-17-14-12-15-18-20/h12,14-15,17-19H,3-11,13,16H2,1-2H3. The number of hydrogen-bond donors (Lipinski definition) is 0. The average Bonchev–Trinajstić information content (AvgIpc) is 2.50. The number of para-hydroxylation sites is 1. The minimum absolute atomic E-state index is 0.335. The van der Waals surface area contributed by atoms with E-state index < -0.39 is 0 Å². The lowest BCUT2D eigenvalue weighted by Gasteiger charge is -2.14. The Labute approximate surface area is 132 Å². The van der Waals surface area contributed by atoms with Gasteiger partial charge in [0.05, 0.1) is 6.10 Å². The number of ether oxygens (including phenoxy) is 1. The minimum Gasteiger partial charge on any atom is -0.491 e. The van der Waals surface area contributed by atoms with Gasteiger partial charge < -0.3 is 4.74 Å². The third kappa shape index (κ3) is 10.4. The van der Waals surface area contributed by atoms with Crippen molar-refractivity contribution in [2.75, 3.05) is 0 Å². The lowest BCUT2D eigenvalue weighted by Crippen LogP contribution is -2.11. The lowest BCUT2D eigenvalue weighted by atomic mass is 10.0. The first-order chi connectivity index (χ1) is 10.3. The summed E-state index contributed by atoms with van der Waals surface area (Å²) in [6.45, 7) is 4.46. The molecular formula is C20H34O. The molecule has 0 fully saturated rings. The van der Waals surface area contributed by atoms with Gasteiger partial charge in [-0.15, -0.1) is 0 Å². The molecule has 0 aliphatic rings. The maximum atomic E-state index is 5.90. The van der Waals surface area contributed by atoms with Crippen LogP contribution in [0.2, 0.25) is 0 Å². The summed E-state index contributed by atoms with van der Waals surface area (Å²) >= 11 is 0. The predicted molar refractivity (Wildman–Crippen MR) is 93.0 cm³/mol. The van der Waals surface area contributed by atoms with Crippen molar-refractivity contribution in [2.24, 2.45) is 0 Å². The summed E-state index contributed by atoms with van der Waals surface area (Å²) in [4.78, 5) is 0. The van der Waals surface area contributed by atoms with Crippen LogP contribution in [0, 0.1) is 0 Å². The first-order valence-electron chi connectivity index (χ1n) is 9.04. The molecule has 120 valence electrons. The fraction of sp³-hybridized carbons (Fsp3) is 0.700. The van der Waals surface area contributed by atoms with E-state index in [4.69, 9.17) is 4.74 Å². The monoisotopic (exact) mass is 290 g/mol. The Morgan fingerprint density at radius 3 is 1.86 bits per heavy atom. The molecule has 0 amide bonds. The maximum Gasteiger partial charge on any atom is 0.119 e. The number of rotatable bonds is 13. The Balaban J connectivity index is 1.87. The van der Waals surface area contributed by atoms with E-state index in [1.807, 2.05) is 30.3 Å². The zero-order chi connectivity index (χ0) is 15.2. The highest BCUT2D eigenvalue weighted by Crippen LogP contribution is 2.15. The van der Waals surface area contributed by atoms with Crippen molar-refractivity contribution in [1.29, 1.82) is 0 Å². The van der Waals surface area contributed by atoms with Crippen molar-refractivity contribution in [3.63, 3.8) is 0 Å². The zero-order valence-corrected chi connectivity index (χ0v) is 14.2. The van der Waals surface area contributed by atoms with Crippen LogP contribution in [0.1, 0.15) is 84.5 Å². The van der Waals surface area contributed by atoms with E-state index in [0.29, 0.717) is 6.10 Å². The van der Waals surface area contributed by atoms with Crippen molar-refractivity contribution in [3.8, 4) is 5.75 Å². The van der Waals surface area contributed by atoms with Crippen LogP contribution in [-0.4, -0.2) is 6.10 Å². The largest absolute Gasteiger partial charge is 0.491 e. The van der Waals surface area contributed by atoms with E-state index in [2.05, 4.69) is 13.8 Å². The van der Waals surface area contributed by atoms with E-state index in [-0.39, 0.29) is 0 Å². The summed E-state index contributed by atoms with van der Waals surface area (Å²) in [6.07, 6.45) is 15.5. The molecule has 0 aliphatic heterocycles. The molecule has 0 saturated carbocycles. The van der Waals surface area contributed by atoms with Gasteiger partial charge in [-0.3, -0.25) is 0 Å². The van der Waals surface area contributed by atoms with Crippen LogP contribution in [0.4, 0.5) is 0 Å². The fourth-order valence-corrected chi connectivity index (χ4v) is 2.71. The third-order valence-electron chi connectivity index (χ3n) is 4.04. The highest BCUT2D eigenvalue weighted by Gasteiger charge is 2.03. The molecule has 1 aromatic carbocycles. The van der Waals surface area contributed by atoms with E-state index >= 15 is 0 Å². The van der Waals surface area contributed by atoms with Crippen molar-refractivity contribution in [1.82, 2.24) is 0 Å². The van der Waals surface area contributed by atoms with Gasteiger partial charge in [-0.05, 0) is 31.9 Å². The second-order valence-corrected chi connectivity index (χ2v) is 6.21. The molecule has 1 heteroatoms. The zero-order valence-electron chi connectivity index (χ0n) is 14.2. The molecule has 0 spiro atoms. The summed E-state index contributed by atoms with van der Waals surface area (Å²) in [5.41, 5.74) is 0. The van der Waals surface area contributed by atoms with Crippen LogP contribution >= 0.6 is 0 Å². The highest BCUT2D eigenvalue weighted by atomic mass is 16.5. The van der Waals surface area contributed by atoms with Crippen molar-refractivity contribution in [2.45, 2.75) is 90.6 Å². The lowest BCUT2D eigenvalue weighted by molar-refractivity contribution is 0.206. The van der Waals surface area contributed by atoms with E-state index in [9.17, 15) is 0 Å². The smallest absolute Gasteiger partial charge is 0.119 e. The molecule has 1 unspecified atom stereocenters. The van der Waals surface area contributed by atoms with Crippen LogP contribution in [0.15, 0.2) is 30.3 Å². The molecule has 1 nitrogen and oxygen atoms in total. The van der Waals surface area contributed by atoms with Crippen molar-refractivity contribution >= 4 is 0 Å². The van der Waals surface area contributed by atoms with Crippen molar-refractivity contribution in [3.05, 3.63) is 30.3 Å². The van der Waals surface area contributed by atoms with Crippen LogP contribution in [0.5, 0.6) is 5.75 Å². The average molecular weight is 290 g/mol. The fourth-order valence-electron chi connectivity index (χ4n) is 2.71. The van der Waals surface area contributed by atoms with E-state index in [1.165, 1.54) is 70.6 Å². The first-order valence-corrected chi connectivity index (χ1v) is 9.04. The van der Waals surface area contributed by atoms with Gasteiger partial charge in [-0.25, -0.2) is 0 Å². The SMILES string of the molecule is CCCCCCCCCCCCC(C)Oc1ccccc1. The molecule has 0 heterocycles. The van der Waals surface area contributed by atoms with Gasteiger partial charge in [-0.2, -0.15) is 0 Å². The Morgan fingerprint density at radius 2 is 1.29 bits per heavy atom. The molecule has 1 atom stereocenters. The summed E-state index contributed by atoms with van der Waals surface area (Å²) in [5.74, 6) is 0.997. The van der Waals surface area contributed by atoms with Gasteiger partial charge in [0.25, 0.3) is 0 Å². The predicted octanol–water partition coefficient (Wildman–Crippen LogP) is 6.76. The minimum atomic E-state index is 0.335. The Hall–Kier alpha value is -0.980. The Bertz CT molecular complexity index is 320. The highest BCUT2D eigenvalue weighted by molar-refractivity contribution is 5.21. The first kappa shape index (κ1) is 18.1. The molecular weight excluding hydrogens is 256 g/mol. The van der Waals surface area contributed by atoms with Crippen molar-refractivity contribution < 1.29 is 4.74 Å². The molecule has 0 aromatic heterocycles. The second-order valence-electron chi connectivity index (χ2n) is 6.21. The van der Waals surface area contributed by atoms with Crippen LogP contribution < -0.4 is 4.74 Å². The summed E-state index contributed by atoms with van der Waals surface area (Å²) in [7, 11) is 0. The van der Waals surface area contributed by atoms with E-state index in [0.717, 1.165) is 5.75 Å². The van der Waals surface area contributed by atoms with Crippen LogP contribution in [-0.2, 0) is 0 Å². The number of unbranched alkanes of at least 4 members (excludes halogenated alkanes) is 9. The molecule has 0 radical (unpaired) electrons. The van der Waals surface area contributed by atoms with Crippen LogP contribution in [0.3, 0.4) is 0 Å². The summed E-state index contributed by atoms with van der Waals surface area (Å²) in [5, 5.41) is 0. The molecule has 1 aromatic rings. The molecule has 0 aliphatic carbocycles. The molecule has 0 bridgehead atoms. The maximum absolute atomic E-state index is 5.90. The quantitative estimate of drug-likeness (QED) is 0.364. The molecule has 21 heavy (non-hydrogen) atoms. The van der Waals surface area contributed by atoms with Gasteiger partial charge in [0.1, 0.15) is 5.75 Å².